The summed E-state index contributed by atoms with van der Waals surface area (Å²) in [6.45, 7) is 5.04. The number of phenols is 1. The largest absolute Gasteiger partial charge is 0.508 e. The second-order valence-corrected chi connectivity index (χ2v) is 4.12. The van der Waals surface area contributed by atoms with Gasteiger partial charge >= 0.3 is 5.97 Å². The number of likely N-dealkylation sites (N-methyl/N-ethyl adjacent to an activating group) is 1. The molecule has 1 aromatic rings. The molecule has 1 aromatic carbocycles. The van der Waals surface area contributed by atoms with Gasteiger partial charge in [0, 0.05) is 29.4 Å². The number of hydrogen-bond acceptors (Lipinski definition) is 3. The molecule has 2 N–H and O–H groups in total. The molecule has 0 heterocycles. The monoisotopic (exact) mass is 263 g/mol. The smallest absolute Gasteiger partial charge is 0.331 e. The van der Waals surface area contributed by atoms with Gasteiger partial charge in [0.15, 0.2) is 0 Å². The van der Waals surface area contributed by atoms with Crippen molar-refractivity contribution in [1.82, 2.24) is 0 Å². The van der Waals surface area contributed by atoms with Gasteiger partial charge in [-0.2, -0.15) is 0 Å². The summed E-state index contributed by atoms with van der Waals surface area (Å²) in [4.78, 5) is 24.6. The Morgan fingerprint density at radius 2 is 1.84 bits per heavy atom. The predicted molar refractivity (Wildman–Crippen MR) is 72.1 cm³/mol. The van der Waals surface area contributed by atoms with Gasteiger partial charge in [-0.15, -0.1) is 0 Å². The first-order valence-electron chi connectivity index (χ1n) is 5.90. The maximum absolute atomic E-state index is 12.3. The van der Waals surface area contributed by atoms with Crippen LogP contribution in [0.4, 0.5) is 5.69 Å². The number of carboxylic acids is 1. The fourth-order valence-electron chi connectivity index (χ4n) is 1.63. The second-order valence-electron chi connectivity index (χ2n) is 4.12. The van der Waals surface area contributed by atoms with Crippen LogP contribution < -0.4 is 4.90 Å². The van der Waals surface area contributed by atoms with Crippen molar-refractivity contribution < 1.29 is 19.8 Å². The maximum Gasteiger partial charge on any atom is 0.331 e. The Morgan fingerprint density at radius 1 is 1.21 bits per heavy atom. The number of nitrogens with zero attached hydrogens (tertiary/aromatic N) is 1. The zero-order chi connectivity index (χ0) is 14.6. The Hall–Kier alpha value is -2.30. The Kier molecular flexibility index (Phi) is 4.69. The third kappa shape index (κ3) is 3.34. The number of anilines is 1. The van der Waals surface area contributed by atoms with Crippen molar-refractivity contribution in [3.05, 3.63) is 35.4 Å². The van der Waals surface area contributed by atoms with Crippen LogP contribution in [-0.2, 0) is 9.59 Å². The number of benzene rings is 1. The molecule has 0 saturated heterocycles. The number of carbonyl (C=O) groups excluding carboxylic acids is 1. The first kappa shape index (κ1) is 14.8. The highest BCUT2D eigenvalue weighted by atomic mass is 16.4. The van der Waals surface area contributed by atoms with Gasteiger partial charge in [0.2, 0.25) is 0 Å². The minimum atomic E-state index is -1.11. The van der Waals surface area contributed by atoms with Crippen molar-refractivity contribution in [2.75, 3.05) is 11.4 Å². The van der Waals surface area contributed by atoms with E-state index in [9.17, 15) is 14.7 Å². The molecule has 0 aromatic heterocycles. The summed E-state index contributed by atoms with van der Waals surface area (Å²) in [6, 6.07) is 6.28. The predicted octanol–water partition coefficient (Wildman–Crippen LogP) is 2.17. The Balaban J connectivity index is 3.15. The van der Waals surface area contributed by atoms with E-state index in [1.807, 2.05) is 0 Å². The van der Waals surface area contributed by atoms with E-state index in [4.69, 9.17) is 5.11 Å². The summed E-state index contributed by atoms with van der Waals surface area (Å²) in [6.07, 6.45) is 0. The first-order valence-corrected chi connectivity index (χ1v) is 5.90. The molecule has 0 unspecified atom stereocenters. The van der Waals surface area contributed by atoms with Gasteiger partial charge in [-0.05, 0) is 32.9 Å². The standard InChI is InChI=1S/C14H17NO4/c1-4-15(11-6-5-7-12(16)8-11)13(17)9(2)10(3)14(18)19/h5-8,16H,4H2,1-3H3,(H,18,19)/b10-9-. The normalized spacial score (nSPS) is 11.7. The topological polar surface area (TPSA) is 77.8 Å². The van der Waals surface area contributed by atoms with Crippen LogP contribution in [0.1, 0.15) is 20.8 Å². The molecule has 5 heteroatoms. The SMILES string of the molecule is CCN(C(=O)/C(C)=C(/C)C(=O)O)c1cccc(O)c1. The summed E-state index contributed by atoms with van der Waals surface area (Å²) in [7, 11) is 0. The average Bonchev–Trinajstić information content (AvgIpc) is 2.37. The van der Waals surface area contributed by atoms with Crippen LogP contribution in [0.15, 0.2) is 35.4 Å². The van der Waals surface area contributed by atoms with E-state index in [-0.39, 0.29) is 22.8 Å². The van der Waals surface area contributed by atoms with Gasteiger partial charge in [-0.1, -0.05) is 6.07 Å². The summed E-state index contributed by atoms with van der Waals surface area (Å²) in [5.41, 5.74) is 0.728. The molecule has 0 aliphatic heterocycles. The van der Waals surface area contributed by atoms with Gasteiger partial charge in [0.05, 0.1) is 0 Å². The molecule has 19 heavy (non-hydrogen) atoms. The summed E-state index contributed by atoms with van der Waals surface area (Å²) < 4.78 is 0. The number of aliphatic carboxylic acids is 1. The number of rotatable bonds is 4. The quantitative estimate of drug-likeness (QED) is 0.816. The van der Waals surface area contributed by atoms with Gasteiger partial charge < -0.3 is 15.1 Å². The third-order valence-corrected chi connectivity index (χ3v) is 2.91. The number of aromatic hydroxyl groups is 1. The summed E-state index contributed by atoms with van der Waals surface area (Å²) in [5, 5.41) is 18.3. The zero-order valence-corrected chi connectivity index (χ0v) is 11.2. The van der Waals surface area contributed by atoms with Crippen molar-refractivity contribution in [3.8, 4) is 5.75 Å². The number of hydrogen-bond donors (Lipinski definition) is 2. The minimum Gasteiger partial charge on any atom is -0.508 e. The molecule has 102 valence electrons. The molecule has 0 aliphatic carbocycles. The van der Waals surface area contributed by atoms with Crippen LogP contribution in [0.2, 0.25) is 0 Å². The van der Waals surface area contributed by atoms with Crippen molar-refractivity contribution in [2.24, 2.45) is 0 Å². The van der Waals surface area contributed by atoms with Gasteiger partial charge in [-0.3, -0.25) is 4.79 Å². The lowest BCUT2D eigenvalue weighted by Gasteiger charge is -2.22. The molecule has 0 radical (unpaired) electrons. The van der Waals surface area contributed by atoms with E-state index in [2.05, 4.69) is 0 Å². The lowest BCUT2D eigenvalue weighted by molar-refractivity contribution is -0.133. The Labute approximate surface area is 111 Å². The lowest BCUT2D eigenvalue weighted by atomic mass is 10.1. The van der Waals surface area contributed by atoms with Crippen molar-refractivity contribution in [1.29, 1.82) is 0 Å². The molecular weight excluding hydrogens is 246 g/mol. The van der Waals surface area contributed by atoms with Gasteiger partial charge in [0.1, 0.15) is 5.75 Å². The Bertz CT molecular complexity index is 534. The number of amides is 1. The molecule has 5 nitrogen and oxygen atoms in total. The second kappa shape index (κ2) is 6.04. The highest BCUT2D eigenvalue weighted by molar-refractivity contribution is 6.09. The maximum atomic E-state index is 12.3. The highest BCUT2D eigenvalue weighted by Gasteiger charge is 2.19. The summed E-state index contributed by atoms with van der Waals surface area (Å²) >= 11 is 0. The van der Waals surface area contributed by atoms with E-state index in [0.29, 0.717) is 12.2 Å². The van der Waals surface area contributed by atoms with Crippen LogP contribution in [0, 0.1) is 0 Å². The lowest BCUT2D eigenvalue weighted by Crippen LogP contribution is -2.32. The minimum absolute atomic E-state index is 0.0172. The van der Waals surface area contributed by atoms with Gasteiger partial charge in [0.25, 0.3) is 5.91 Å². The fourth-order valence-corrected chi connectivity index (χ4v) is 1.63. The molecule has 1 rings (SSSR count). The van der Waals surface area contributed by atoms with Crippen molar-refractivity contribution in [3.63, 3.8) is 0 Å². The number of carbonyl (C=O) groups is 2. The van der Waals surface area contributed by atoms with Crippen LogP contribution >= 0.6 is 0 Å². The number of carboxylic acid groups (broad SMARTS) is 1. The molecule has 0 aliphatic rings. The van der Waals surface area contributed by atoms with Crippen LogP contribution in [0.5, 0.6) is 5.75 Å². The van der Waals surface area contributed by atoms with E-state index < -0.39 is 5.97 Å². The third-order valence-electron chi connectivity index (χ3n) is 2.91. The first-order chi connectivity index (χ1) is 8.88. The van der Waals surface area contributed by atoms with E-state index in [1.54, 1.807) is 19.1 Å². The zero-order valence-electron chi connectivity index (χ0n) is 11.2. The molecule has 0 bridgehead atoms. The Morgan fingerprint density at radius 3 is 2.32 bits per heavy atom. The van der Waals surface area contributed by atoms with Crippen LogP contribution in [0.3, 0.4) is 0 Å². The molecule has 0 spiro atoms. The van der Waals surface area contributed by atoms with Crippen molar-refractivity contribution in [2.45, 2.75) is 20.8 Å². The van der Waals surface area contributed by atoms with Gasteiger partial charge in [-0.25, -0.2) is 4.79 Å². The molecular formula is C14H17NO4. The molecule has 0 fully saturated rings. The fraction of sp³-hybridized carbons (Fsp3) is 0.286. The van der Waals surface area contributed by atoms with Crippen LogP contribution in [0.25, 0.3) is 0 Å². The van der Waals surface area contributed by atoms with Crippen molar-refractivity contribution >= 4 is 17.6 Å². The van der Waals surface area contributed by atoms with E-state index >= 15 is 0 Å². The summed E-state index contributed by atoms with van der Waals surface area (Å²) in [5.74, 6) is -1.44. The van der Waals surface area contributed by atoms with E-state index in [0.717, 1.165) is 0 Å². The molecule has 1 amide bonds. The molecule has 0 saturated carbocycles. The molecule has 0 atom stereocenters. The number of phenolic OH excluding ortho intramolecular Hbond substituents is 1. The van der Waals surface area contributed by atoms with E-state index in [1.165, 1.54) is 30.9 Å². The average molecular weight is 263 g/mol. The highest BCUT2D eigenvalue weighted by Crippen LogP contribution is 2.22. The van der Waals surface area contributed by atoms with Crippen LogP contribution in [-0.4, -0.2) is 28.6 Å².